The normalized spacial score (nSPS) is 20.2. The maximum Gasteiger partial charge on any atom is 0.306 e. The Kier molecular flexibility index (Phi) is 11.1. The van der Waals surface area contributed by atoms with Gasteiger partial charge in [-0.05, 0) is 43.2 Å². The first-order valence-corrected chi connectivity index (χ1v) is 21.1. The Bertz CT molecular complexity index is 1550. The van der Waals surface area contributed by atoms with Gasteiger partial charge in [-0.3, -0.25) is 4.79 Å². The smallest absolute Gasteiger partial charge is 0.306 e. The van der Waals surface area contributed by atoms with Crippen molar-refractivity contribution in [2.24, 2.45) is 5.92 Å². The van der Waals surface area contributed by atoms with Gasteiger partial charge in [0.25, 0.3) is 16.6 Å². The first-order chi connectivity index (χ1) is 22.9. The second-order valence-electron chi connectivity index (χ2n) is 15.2. The molecule has 4 aromatic carbocycles. The van der Waals surface area contributed by atoms with Crippen molar-refractivity contribution in [1.29, 1.82) is 0 Å². The summed E-state index contributed by atoms with van der Waals surface area (Å²) in [5, 5.41) is 4.31. The second kappa shape index (κ2) is 14.9. The highest BCUT2D eigenvalue weighted by Gasteiger charge is 2.54. The molecule has 0 spiro atoms. The molecule has 4 aromatic rings. The van der Waals surface area contributed by atoms with Crippen LogP contribution >= 0.6 is 0 Å². The fourth-order valence-corrected chi connectivity index (χ4v) is 16.7. The molecule has 4 nitrogen and oxygen atoms in total. The van der Waals surface area contributed by atoms with Gasteiger partial charge >= 0.3 is 5.97 Å². The van der Waals surface area contributed by atoms with Crippen molar-refractivity contribution in [1.82, 2.24) is 0 Å². The first kappa shape index (κ1) is 35.7. The highest BCUT2D eigenvalue weighted by atomic mass is 28.4. The van der Waals surface area contributed by atoms with Crippen LogP contribution in [0.3, 0.4) is 0 Å². The molecule has 0 amide bonds. The van der Waals surface area contributed by atoms with E-state index in [1.165, 1.54) is 20.7 Å². The van der Waals surface area contributed by atoms with Crippen LogP contribution in [0, 0.1) is 5.92 Å². The van der Waals surface area contributed by atoms with E-state index < -0.39 is 28.8 Å². The van der Waals surface area contributed by atoms with E-state index >= 15 is 0 Å². The van der Waals surface area contributed by atoms with Gasteiger partial charge in [-0.25, -0.2) is 0 Å². The number of benzene rings is 4. The molecule has 0 saturated heterocycles. The van der Waals surface area contributed by atoms with Gasteiger partial charge in [0.15, 0.2) is 0 Å². The van der Waals surface area contributed by atoms with E-state index in [-0.39, 0.29) is 28.6 Å². The molecule has 6 heteroatoms. The van der Waals surface area contributed by atoms with Crippen molar-refractivity contribution in [3.8, 4) is 0 Å². The largest absolute Gasteiger partial charge is 0.457 e. The Morgan fingerprint density at radius 3 is 1.44 bits per heavy atom. The van der Waals surface area contributed by atoms with E-state index in [0.29, 0.717) is 12.8 Å². The van der Waals surface area contributed by atoms with Gasteiger partial charge in [0, 0.05) is 0 Å². The van der Waals surface area contributed by atoms with Gasteiger partial charge in [0.2, 0.25) is 0 Å². The quantitative estimate of drug-likeness (QED) is 0.105. The zero-order valence-corrected chi connectivity index (χ0v) is 31.7. The Labute approximate surface area is 290 Å². The van der Waals surface area contributed by atoms with Gasteiger partial charge in [0.1, 0.15) is 6.10 Å². The summed E-state index contributed by atoms with van der Waals surface area (Å²) in [6, 6.07) is 42.6. The molecule has 0 bridgehead atoms. The number of hydrogen-bond donors (Lipinski definition) is 0. The Morgan fingerprint density at radius 2 is 1.04 bits per heavy atom. The first-order valence-electron chi connectivity index (χ1n) is 17.3. The average Bonchev–Trinajstić information content (AvgIpc) is 3.12. The summed E-state index contributed by atoms with van der Waals surface area (Å²) >= 11 is 0. The lowest BCUT2D eigenvalue weighted by Crippen LogP contribution is -2.69. The van der Waals surface area contributed by atoms with Gasteiger partial charge in [0.05, 0.1) is 19.1 Å². The van der Waals surface area contributed by atoms with Crippen molar-refractivity contribution >= 4 is 43.4 Å². The predicted octanol–water partition coefficient (Wildman–Crippen LogP) is 7.41. The Morgan fingerprint density at radius 1 is 0.646 bits per heavy atom. The monoisotopic (exact) mass is 676 g/mol. The minimum Gasteiger partial charge on any atom is -0.457 e. The number of allylic oxidation sites excluding steroid dienone is 1. The van der Waals surface area contributed by atoms with Crippen molar-refractivity contribution in [2.45, 2.75) is 83.6 Å². The molecule has 48 heavy (non-hydrogen) atoms. The summed E-state index contributed by atoms with van der Waals surface area (Å²) in [5.41, 5.74) is 0. The number of hydrogen-bond acceptors (Lipinski definition) is 4. The molecule has 0 N–H and O–H groups in total. The maximum atomic E-state index is 13.6. The van der Waals surface area contributed by atoms with Gasteiger partial charge in [-0.15, -0.1) is 0 Å². The number of esters is 1. The van der Waals surface area contributed by atoms with E-state index in [0.717, 1.165) is 0 Å². The van der Waals surface area contributed by atoms with Crippen LogP contribution in [0.25, 0.3) is 0 Å². The van der Waals surface area contributed by atoms with Crippen molar-refractivity contribution in [2.75, 3.05) is 6.61 Å². The molecule has 1 aliphatic heterocycles. The number of carbonyl (C=O) groups is 1. The summed E-state index contributed by atoms with van der Waals surface area (Å²) in [6.07, 6.45) is 4.20. The summed E-state index contributed by atoms with van der Waals surface area (Å²) in [4.78, 5) is 13.6. The third-order valence-corrected chi connectivity index (χ3v) is 19.7. The van der Waals surface area contributed by atoms with E-state index in [1.807, 2.05) is 0 Å². The molecule has 0 radical (unpaired) electrons. The summed E-state index contributed by atoms with van der Waals surface area (Å²) in [6.45, 7) is 16.0. The topological polar surface area (TPSA) is 44.8 Å². The molecule has 3 atom stereocenters. The third kappa shape index (κ3) is 7.37. The lowest BCUT2D eigenvalue weighted by Gasteiger charge is -2.47. The van der Waals surface area contributed by atoms with Crippen molar-refractivity contribution < 1.29 is 18.4 Å². The van der Waals surface area contributed by atoms with Crippen molar-refractivity contribution in [3.05, 3.63) is 133 Å². The van der Waals surface area contributed by atoms with Crippen LogP contribution in [-0.4, -0.2) is 41.4 Å². The molecule has 252 valence electrons. The van der Waals surface area contributed by atoms with E-state index in [9.17, 15) is 4.79 Å². The molecular formula is C42H52O4Si2. The van der Waals surface area contributed by atoms with Gasteiger partial charge < -0.3 is 13.6 Å². The number of rotatable bonds is 9. The van der Waals surface area contributed by atoms with Gasteiger partial charge in [-0.2, -0.15) is 0 Å². The molecule has 0 fully saturated rings. The molecule has 0 aromatic heterocycles. The predicted molar refractivity (Wildman–Crippen MR) is 203 cm³/mol. The maximum absolute atomic E-state index is 13.6. The molecule has 1 heterocycles. The van der Waals surface area contributed by atoms with Crippen LogP contribution in [0.15, 0.2) is 133 Å². The minimum atomic E-state index is -2.98. The van der Waals surface area contributed by atoms with E-state index in [1.54, 1.807) is 0 Å². The van der Waals surface area contributed by atoms with Crippen LogP contribution in [0.4, 0.5) is 0 Å². The zero-order chi connectivity index (χ0) is 34.4. The Hall–Kier alpha value is -3.56. The average molecular weight is 677 g/mol. The van der Waals surface area contributed by atoms with E-state index in [4.69, 9.17) is 13.6 Å². The highest BCUT2D eigenvalue weighted by Crippen LogP contribution is 2.40. The Balaban J connectivity index is 1.65. The SMILES string of the molecule is C[C@@H]1/C=C\C[C@H](O[Si](c2ccccc2)(c2ccccc2)C(C)(C)C)[C@@H](CO[Si](c2ccccc2)(c2ccccc2)C(C)(C)C)OC(=O)C1. The van der Waals surface area contributed by atoms with Crippen LogP contribution in [0.1, 0.15) is 61.3 Å². The molecule has 1 aliphatic rings. The molecule has 5 rings (SSSR count). The van der Waals surface area contributed by atoms with E-state index in [2.05, 4.69) is 182 Å². The van der Waals surface area contributed by atoms with Crippen molar-refractivity contribution in [3.63, 3.8) is 0 Å². The third-order valence-electron chi connectivity index (χ3n) is 9.65. The lowest BCUT2D eigenvalue weighted by atomic mass is 10.1. The van der Waals surface area contributed by atoms with Crippen LogP contribution < -0.4 is 20.7 Å². The van der Waals surface area contributed by atoms with Gasteiger partial charge in [-0.1, -0.05) is 182 Å². The zero-order valence-electron chi connectivity index (χ0n) is 29.7. The molecular weight excluding hydrogens is 625 g/mol. The minimum absolute atomic E-state index is 0.0716. The summed E-state index contributed by atoms with van der Waals surface area (Å²) in [5.74, 6) is -0.150. The second-order valence-corrected chi connectivity index (χ2v) is 23.7. The number of carbonyl (C=O) groups excluding carboxylic acids is 1. The van der Waals surface area contributed by atoms with Crippen LogP contribution in [0.2, 0.25) is 10.1 Å². The molecule has 0 unspecified atom stereocenters. The fraction of sp³-hybridized carbons (Fsp3) is 0.357. The molecule has 0 saturated carbocycles. The standard InChI is InChI=1S/C42H52O4Si2/c1-33-21-20-30-38(46-48(42(5,6)7,36-26-16-10-17-27-36)37-28-18-11-19-29-37)39(45-40(43)31-33)32-44-47(41(2,3)4,34-22-12-8-13-23-34)35-24-14-9-15-25-35/h8-29,33,38-39H,30-32H2,1-7H3/b21-20-/t33-,38+,39-/m1/s1. The van der Waals surface area contributed by atoms with Crippen LogP contribution in [-0.2, 0) is 18.4 Å². The summed E-state index contributed by atoms with van der Waals surface area (Å²) in [7, 11) is -5.90. The fourth-order valence-electron chi connectivity index (χ4n) is 7.37. The summed E-state index contributed by atoms with van der Waals surface area (Å²) < 4.78 is 21.6. The molecule has 0 aliphatic carbocycles. The number of cyclic esters (lactones) is 1. The number of ether oxygens (including phenoxy) is 1. The lowest BCUT2D eigenvalue weighted by molar-refractivity contribution is -0.157. The highest BCUT2D eigenvalue weighted by molar-refractivity contribution is 7.00. The van der Waals surface area contributed by atoms with Crippen LogP contribution in [0.5, 0.6) is 0 Å².